The van der Waals surface area contributed by atoms with Gasteiger partial charge in [-0.05, 0) is 38.3 Å². The number of unbranched alkanes of at least 4 members (excludes halogenated alkanes) is 2. The van der Waals surface area contributed by atoms with Gasteiger partial charge in [0, 0.05) is 26.1 Å². The molecule has 26 heavy (non-hydrogen) atoms. The standard InChI is InChI=1S/C20H26N2O2S2/c1-3-21(4-2)18(23)13-9-6-10-14-22-19(24)17(26-20(22)25)15-16-11-7-5-8-12-16/h5,7-8,11-12,15H,3-4,6,9-10,13-14H2,1-2H3. The molecule has 140 valence electrons. The lowest BCUT2D eigenvalue weighted by atomic mass is 10.1. The molecule has 4 nitrogen and oxygen atoms in total. The molecule has 0 aromatic heterocycles. The van der Waals surface area contributed by atoms with Gasteiger partial charge in [-0.25, -0.2) is 0 Å². The zero-order chi connectivity index (χ0) is 18.9. The lowest BCUT2D eigenvalue weighted by molar-refractivity contribution is -0.131. The predicted molar refractivity (Wildman–Crippen MR) is 113 cm³/mol. The predicted octanol–water partition coefficient (Wildman–Crippen LogP) is 4.32. The normalized spacial score (nSPS) is 15.8. The Kier molecular flexibility index (Phi) is 8.32. The average Bonchev–Trinajstić information content (AvgIpc) is 2.90. The van der Waals surface area contributed by atoms with Crippen LogP contribution in [0.3, 0.4) is 0 Å². The fourth-order valence-corrected chi connectivity index (χ4v) is 4.16. The van der Waals surface area contributed by atoms with Crippen LogP contribution in [0.15, 0.2) is 35.2 Å². The first kappa shape index (κ1) is 20.6. The van der Waals surface area contributed by atoms with Crippen LogP contribution in [0.25, 0.3) is 6.08 Å². The van der Waals surface area contributed by atoms with Gasteiger partial charge in [0.25, 0.3) is 5.91 Å². The van der Waals surface area contributed by atoms with Crippen molar-refractivity contribution in [3.05, 3.63) is 40.8 Å². The fourth-order valence-electron chi connectivity index (χ4n) is 2.85. The lowest BCUT2D eigenvalue weighted by Gasteiger charge is -2.18. The van der Waals surface area contributed by atoms with Gasteiger partial charge in [-0.1, -0.05) is 60.7 Å². The van der Waals surface area contributed by atoms with Gasteiger partial charge in [0.15, 0.2) is 0 Å². The van der Waals surface area contributed by atoms with E-state index in [0.717, 1.165) is 37.9 Å². The van der Waals surface area contributed by atoms with Crippen molar-refractivity contribution in [1.82, 2.24) is 9.80 Å². The molecule has 2 rings (SSSR count). The minimum Gasteiger partial charge on any atom is -0.343 e. The number of hydrogen-bond acceptors (Lipinski definition) is 4. The summed E-state index contributed by atoms with van der Waals surface area (Å²) in [6.45, 7) is 6.15. The van der Waals surface area contributed by atoms with E-state index < -0.39 is 0 Å². The number of rotatable bonds is 9. The van der Waals surface area contributed by atoms with Gasteiger partial charge in [0.05, 0.1) is 4.91 Å². The summed E-state index contributed by atoms with van der Waals surface area (Å²) >= 11 is 6.73. The fraction of sp³-hybridized carbons (Fsp3) is 0.450. The summed E-state index contributed by atoms with van der Waals surface area (Å²) in [5, 5.41) is 0. The molecule has 1 aliphatic rings. The minimum absolute atomic E-state index is 0.0110. The van der Waals surface area contributed by atoms with Crippen molar-refractivity contribution in [1.29, 1.82) is 0 Å². The minimum atomic E-state index is -0.0110. The van der Waals surface area contributed by atoms with Crippen molar-refractivity contribution in [2.45, 2.75) is 39.5 Å². The summed E-state index contributed by atoms with van der Waals surface area (Å²) in [7, 11) is 0. The molecule has 0 aliphatic carbocycles. The molecular weight excluding hydrogens is 364 g/mol. The van der Waals surface area contributed by atoms with E-state index in [4.69, 9.17) is 12.2 Å². The third kappa shape index (κ3) is 5.68. The van der Waals surface area contributed by atoms with E-state index in [9.17, 15) is 9.59 Å². The summed E-state index contributed by atoms with van der Waals surface area (Å²) in [5.41, 5.74) is 1.00. The maximum absolute atomic E-state index is 12.5. The van der Waals surface area contributed by atoms with Crippen LogP contribution in [0, 0.1) is 0 Å². The SMILES string of the molecule is CCN(CC)C(=O)CCCCCN1C(=O)C(=Cc2ccccc2)SC1=S. The molecule has 0 saturated carbocycles. The van der Waals surface area contributed by atoms with Gasteiger partial charge in [0.1, 0.15) is 4.32 Å². The average molecular weight is 391 g/mol. The van der Waals surface area contributed by atoms with Crippen LogP contribution in [-0.4, -0.2) is 45.6 Å². The topological polar surface area (TPSA) is 40.6 Å². The van der Waals surface area contributed by atoms with Crippen molar-refractivity contribution >= 4 is 46.2 Å². The Morgan fingerprint density at radius 3 is 2.50 bits per heavy atom. The van der Waals surface area contributed by atoms with Crippen molar-refractivity contribution < 1.29 is 9.59 Å². The summed E-state index contributed by atoms with van der Waals surface area (Å²) < 4.78 is 0.622. The molecule has 0 atom stereocenters. The first-order valence-electron chi connectivity index (χ1n) is 9.15. The third-order valence-corrected chi connectivity index (χ3v) is 5.74. The van der Waals surface area contributed by atoms with E-state index in [1.807, 2.05) is 55.2 Å². The molecule has 1 aliphatic heterocycles. The number of benzene rings is 1. The highest BCUT2D eigenvalue weighted by atomic mass is 32.2. The largest absolute Gasteiger partial charge is 0.343 e. The van der Waals surface area contributed by atoms with Crippen molar-refractivity contribution in [3.8, 4) is 0 Å². The first-order valence-corrected chi connectivity index (χ1v) is 10.4. The van der Waals surface area contributed by atoms with E-state index in [-0.39, 0.29) is 11.8 Å². The van der Waals surface area contributed by atoms with Gasteiger partial charge in [-0.2, -0.15) is 0 Å². The molecule has 0 bridgehead atoms. The number of thiocarbonyl (C=S) groups is 1. The summed E-state index contributed by atoms with van der Waals surface area (Å²) in [6, 6.07) is 9.80. The van der Waals surface area contributed by atoms with Crippen molar-refractivity contribution in [2.75, 3.05) is 19.6 Å². The summed E-state index contributed by atoms with van der Waals surface area (Å²) in [5.74, 6) is 0.203. The number of nitrogens with zero attached hydrogens (tertiary/aromatic N) is 2. The highest BCUT2D eigenvalue weighted by molar-refractivity contribution is 8.26. The van der Waals surface area contributed by atoms with E-state index in [2.05, 4.69) is 0 Å². The zero-order valence-corrected chi connectivity index (χ0v) is 17.1. The second kappa shape index (κ2) is 10.5. The quantitative estimate of drug-likeness (QED) is 0.358. The number of thioether (sulfide) groups is 1. The summed E-state index contributed by atoms with van der Waals surface area (Å²) in [4.78, 5) is 28.7. The lowest BCUT2D eigenvalue weighted by Crippen LogP contribution is -2.30. The number of amides is 2. The Morgan fingerprint density at radius 1 is 1.15 bits per heavy atom. The number of carbonyl (C=O) groups is 2. The Hall–Kier alpha value is -1.66. The molecule has 1 aromatic carbocycles. The van der Waals surface area contributed by atoms with Crippen LogP contribution >= 0.6 is 24.0 Å². The molecule has 6 heteroatoms. The maximum Gasteiger partial charge on any atom is 0.266 e. The molecular formula is C20H26N2O2S2. The Morgan fingerprint density at radius 2 is 1.85 bits per heavy atom. The van der Waals surface area contributed by atoms with E-state index in [1.165, 1.54) is 11.8 Å². The van der Waals surface area contributed by atoms with Crippen molar-refractivity contribution in [3.63, 3.8) is 0 Å². The van der Waals surface area contributed by atoms with Crippen molar-refractivity contribution in [2.24, 2.45) is 0 Å². The van der Waals surface area contributed by atoms with E-state index in [0.29, 0.717) is 22.2 Å². The molecule has 1 fully saturated rings. The molecule has 0 spiro atoms. The highest BCUT2D eigenvalue weighted by Gasteiger charge is 2.31. The Bertz CT molecular complexity index is 670. The van der Waals surface area contributed by atoms with Gasteiger partial charge in [-0.15, -0.1) is 0 Å². The molecule has 0 unspecified atom stereocenters. The van der Waals surface area contributed by atoms with Crippen LogP contribution in [0.1, 0.15) is 45.1 Å². The highest BCUT2D eigenvalue weighted by Crippen LogP contribution is 2.32. The van der Waals surface area contributed by atoms with Gasteiger partial charge in [0.2, 0.25) is 5.91 Å². The first-order chi connectivity index (χ1) is 12.6. The molecule has 1 heterocycles. The van der Waals surface area contributed by atoms with E-state index in [1.54, 1.807) is 4.90 Å². The molecule has 2 amide bonds. The van der Waals surface area contributed by atoms with E-state index >= 15 is 0 Å². The van der Waals surface area contributed by atoms with Gasteiger partial charge >= 0.3 is 0 Å². The molecule has 1 aromatic rings. The number of hydrogen-bond donors (Lipinski definition) is 0. The Balaban J connectivity index is 1.78. The van der Waals surface area contributed by atoms with Gasteiger partial charge in [-0.3, -0.25) is 14.5 Å². The van der Waals surface area contributed by atoms with Crippen LogP contribution in [-0.2, 0) is 9.59 Å². The Labute approximate surface area is 165 Å². The maximum atomic E-state index is 12.5. The molecule has 1 saturated heterocycles. The second-order valence-electron chi connectivity index (χ2n) is 6.12. The van der Waals surface area contributed by atoms with Crippen LogP contribution in [0.5, 0.6) is 0 Å². The van der Waals surface area contributed by atoms with Crippen LogP contribution in [0.2, 0.25) is 0 Å². The summed E-state index contributed by atoms with van der Waals surface area (Å²) in [6.07, 6.45) is 5.10. The molecule has 0 radical (unpaired) electrons. The zero-order valence-electron chi connectivity index (χ0n) is 15.4. The van der Waals surface area contributed by atoms with Gasteiger partial charge < -0.3 is 4.90 Å². The molecule has 0 N–H and O–H groups in total. The third-order valence-electron chi connectivity index (χ3n) is 4.36. The van der Waals surface area contributed by atoms with Crippen LogP contribution in [0.4, 0.5) is 0 Å². The monoisotopic (exact) mass is 390 g/mol. The second-order valence-corrected chi connectivity index (χ2v) is 7.80. The number of carbonyl (C=O) groups excluding carboxylic acids is 2. The van der Waals surface area contributed by atoms with Crippen LogP contribution < -0.4 is 0 Å². The smallest absolute Gasteiger partial charge is 0.266 e.